The number of hydrogen-bond acceptors (Lipinski definition) is 5. The molecule has 0 aliphatic rings. The quantitative estimate of drug-likeness (QED) is 0.814. The average molecular weight is 332 g/mol. The van der Waals surface area contributed by atoms with Gasteiger partial charge in [0.15, 0.2) is 6.10 Å². The molecule has 2 aromatic rings. The van der Waals surface area contributed by atoms with E-state index in [4.69, 9.17) is 14.4 Å². The van der Waals surface area contributed by atoms with E-state index in [1.165, 1.54) is 0 Å². The van der Waals surface area contributed by atoms with Crippen LogP contribution in [0.1, 0.15) is 48.9 Å². The molecule has 1 amide bonds. The number of aryl methyl sites for hydroxylation is 2. The number of carbonyl (C=O) groups is 1. The van der Waals surface area contributed by atoms with Crippen molar-refractivity contribution in [3.63, 3.8) is 0 Å². The highest BCUT2D eigenvalue weighted by Gasteiger charge is 2.24. The van der Waals surface area contributed by atoms with Crippen molar-refractivity contribution >= 4 is 5.91 Å². The molecule has 2 unspecified atom stereocenters. The summed E-state index contributed by atoms with van der Waals surface area (Å²) in [6.45, 7) is 7.32. The fourth-order valence-corrected chi connectivity index (χ4v) is 2.63. The summed E-state index contributed by atoms with van der Waals surface area (Å²) in [7, 11) is 0. The SMILES string of the molecule is CCC(NC(=O)C(C)Oc1cccc(CO)c1)c1c(C)noc1C. The molecule has 1 heterocycles. The van der Waals surface area contributed by atoms with Crippen LogP contribution in [0.4, 0.5) is 0 Å². The van der Waals surface area contributed by atoms with Crippen LogP contribution in [-0.4, -0.2) is 22.3 Å². The zero-order chi connectivity index (χ0) is 17.7. The molecule has 0 bridgehead atoms. The van der Waals surface area contributed by atoms with Gasteiger partial charge in [0.2, 0.25) is 0 Å². The number of aliphatic hydroxyl groups excluding tert-OH is 1. The first-order chi connectivity index (χ1) is 11.5. The predicted octanol–water partition coefficient (Wildman–Crippen LogP) is 2.82. The van der Waals surface area contributed by atoms with Crippen LogP contribution < -0.4 is 10.1 Å². The second kappa shape index (κ2) is 7.97. The number of nitrogens with one attached hydrogen (secondary N) is 1. The van der Waals surface area contributed by atoms with Gasteiger partial charge in [-0.1, -0.05) is 24.2 Å². The Labute approximate surface area is 141 Å². The predicted molar refractivity (Wildman–Crippen MR) is 89.6 cm³/mol. The summed E-state index contributed by atoms with van der Waals surface area (Å²) in [5, 5.41) is 16.1. The molecule has 0 radical (unpaired) electrons. The lowest BCUT2D eigenvalue weighted by Gasteiger charge is -2.21. The van der Waals surface area contributed by atoms with Crippen molar-refractivity contribution in [1.82, 2.24) is 10.5 Å². The van der Waals surface area contributed by atoms with Crippen molar-refractivity contribution in [2.45, 2.75) is 52.9 Å². The highest BCUT2D eigenvalue weighted by molar-refractivity contribution is 5.81. The van der Waals surface area contributed by atoms with Crippen LogP contribution in [0.2, 0.25) is 0 Å². The summed E-state index contributed by atoms with van der Waals surface area (Å²) in [5.74, 6) is 1.05. The molecular formula is C18H24N2O4. The highest BCUT2D eigenvalue weighted by Crippen LogP contribution is 2.24. The summed E-state index contributed by atoms with van der Waals surface area (Å²) in [5.41, 5.74) is 2.44. The summed E-state index contributed by atoms with van der Waals surface area (Å²) in [4.78, 5) is 12.5. The fourth-order valence-electron chi connectivity index (χ4n) is 2.63. The number of aliphatic hydroxyl groups is 1. The zero-order valence-electron chi connectivity index (χ0n) is 14.5. The number of carbonyl (C=O) groups excluding carboxylic acids is 1. The Balaban J connectivity index is 2.04. The Morgan fingerprint density at radius 3 is 2.75 bits per heavy atom. The Morgan fingerprint density at radius 1 is 1.42 bits per heavy atom. The minimum Gasteiger partial charge on any atom is -0.481 e. The van der Waals surface area contributed by atoms with Crippen molar-refractivity contribution < 1.29 is 19.2 Å². The van der Waals surface area contributed by atoms with Gasteiger partial charge in [0.05, 0.1) is 18.3 Å². The minimum absolute atomic E-state index is 0.0677. The molecular weight excluding hydrogens is 308 g/mol. The molecule has 24 heavy (non-hydrogen) atoms. The maximum Gasteiger partial charge on any atom is 0.261 e. The van der Waals surface area contributed by atoms with E-state index in [2.05, 4.69) is 10.5 Å². The van der Waals surface area contributed by atoms with Crippen LogP contribution in [0.25, 0.3) is 0 Å². The van der Waals surface area contributed by atoms with E-state index in [1.807, 2.05) is 20.8 Å². The number of amides is 1. The molecule has 2 N–H and O–H groups in total. The largest absolute Gasteiger partial charge is 0.481 e. The van der Waals surface area contributed by atoms with Gasteiger partial charge in [-0.25, -0.2) is 0 Å². The zero-order valence-corrected chi connectivity index (χ0v) is 14.5. The van der Waals surface area contributed by atoms with Gasteiger partial charge >= 0.3 is 0 Å². The molecule has 2 atom stereocenters. The Kier molecular flexibility index (Phi) is 5.98. The molecule has 2 rings (SSSR count). The third-order valence-electron chi connectivity index (χ3n) is 3.92. The third kappa shape index (κ3) is 4.14. The number of hydrogen-bond donors (Lipinski definition) is 2. The van der Waals surface area contributed by atoms with Crippen LogP contribution in [-0.2, 0) is 11.4 Å². The number of rotatable bonds is 7. The van der Waals surface area contributed by atoms with Crippen molar-refractivity contribution in [3.05, 3.63) is 46.8 Å². The number of aromatic nitrogens is 1. The highest BCUT2D eigenvalue weighted by atomic mass is 16.5. The molecule has 1 aromatic heterocycles. The van der Waals surface area contributed by atoms with Crippen molar-refractivity contribution in [2.75, 3.05) is 0 Å². The fraction of sp³-hybridized carbons (Fsp3) is 0.444. The van der Waals surface area contributed by atoms with Gasteiger partial charge < -0.3 is 19.7 Å². The van der Waals surface area contributed by atoms with Gasteiger partial charge in [0.25, 0.3) is 5.91 Å². The number of benzene rings is 1. The molecule has 0 aliphatic carbocycles. The first-order valence-corrected chi connectivity index (χ1v) is 8.05. The smallest absolute Gasteiger partial charge is 0.261 e. The Morgan fingerprint density at radius 2 is 2.17 bits per heavy atom. The van der Waals surface area contributed by atoms with Crippen LogP contribution in [0.3, 0.4) is 0 Å². The maximum atomic E-state index is 12.5. The van der Waals surface area contributed by atoms with Crippen LogP contribution in [0, 0.1) is 13.8 Å². The van der Waals surface area contributed by atoms with Crippen LogP contribution in [0.15, 0.2) is 28.8 Å². The monoisotopic (exact) mass is 332 g/mol. The second-order valence-electron chi connectivity index (χ2n) is 5.77. The summed E-state index contributed by atoms with van der Waals surface area (Å²) in [6.07, 6.45) is 0.0647. The summed E-state index contributed by atoms with van der Waals surface area (Å²) >= 11 is 0. The van der Waals surface area contributed by atoms with Crippen molar-refractivity contribution in [3.8, 4) is 5.75 Å². The van der Waals surface area contributed by atoms with Gasteiger partial charge in [-0.2, -0.15) is 0 Å². The molecule has 6 nitrogen and oxygen atoms in total. The van der Waals surface area contributed by atoms with Gasteiger partial charge in [-0.05, 0) is 44.9 Å². The number of nitrogens with zero attached hydrogens (tertiary/aromatic N) is 1. The van der Waals surface area contributed by atoms with Crippen LogP contribution in [0.5, 0.6) is 5.75 Å². The summed E-state index contributed by atoms with van der Waals surface area (Å²) < 4.78 is 10.9. The summed E-state index contributed by atoms with van der Waals surface area (Å²) in [6, 6.07) is 6.88. The topological polar surface area (TPSA) is 84.6 Å². The molecule has 1 aromatic carbocycles. The number of ether oxygens (including phenoxy) is 1. The molecule has 130 valence electrons. The Bertz CT molecular complexity index is 677. The first kappa shape index (κ1) is 18.0. The second-order valence-corrected chi connectivity index (χ2v) is 5.77. The van der Waals surface area contributed by atoms with E-state index in [0.717, 1.165) is 23.2 Å². The van der Waals surface area contributed by atoms with E-state index in [0.29, 0.717) is 11.5 Å². The maximum absolute atomic E-state index is 12.5. The first-order valence-electron chi connectivity index (χ1n) is 8.05. The minimum atomic E-state index is -0.659. The molecule has 0 saturated carbocycles. The molecule has 0 fully saturated rings. The van der Waals surface area contributed by atoms with Crippen molar-refractivity contribution in [1.29, 1.82) is 0 Å². The molecule has 6 heteroatoms. The Hall–Kier alpha value is -2.34. The van der Waals surface area contributed by atoms with Crippen molar-refractivity contribution in [2.24, 2.45) is 0 Å². The lowest BCUT2D eigenvalue weighted by atomic mass is 10.0. The van der Waals surface area contributed by atoms with Gasteiger partial charge in [-0.3, -0.25) is 4.79 Å². The molecule has 0 spiro atoms. The van der Waals surface area contributed by atoms with Gasteiger partial charge in [-0.15, -0.1) is 0 Å². The van der Waals surface area contributed by atoms with E-state index < -0.39 is 6.10 Å². The third-order valence-corrected chi connectivity index (χ3v) is 3.92. The lowest BCUT2D eigenvalue weighted by molar-refractivity contribution is -0.128. The van der Waals surface area contributed by atoms with E-state index >= 15 is 0 Å². The van der Waals surface area contributed by atoms with E-state index in [1.54, 1.807) is 31.2 Å². The lowest BCUT2D eigenvalue weighted by Crippen LogP contribution is -2.38. The van der Waals surface area contributed by atoms with Crippen LogP contribution >= 0.6 is 0 Å². The molecule has 0 aliphatic heterocycles. The normalized spacial score (nSPS) is 13.4. The van der Waals surface area contributed by atoms with Gasteiger partial charge in [0, 0.05) is 5.56 Å². The van der Waals surface area contributed by atoms with E-state index in [-0.39, 0.29) is 18.6 Å². The standard InChI is InChI=1S/C18H24N2O4/c1-5-16(17-11(2)20-24-12(17)3)19-18(22)13(4)23-15-8-6-7-14(9-15)10-21/h6-9,13,16,21H,5,10H2,1-4H3,(H,19,22). The van der Waals surface area contributed by atoms with Gasteiger partial charge in [0.1, 0.15) is 11.5 Å². The molecule has 0 saturated heterocycles. The van der Waals surface area contributed by atoms with E-state index in [9.17, 15) is 4.79 Å². The average Bonchev–Trinajstić information content (AvgIpc) is 2.91.